The Kier molecular flexibility index (Phi) is 5.35. The van der Waals surface area contributed by atoms with Crippen molar-refractivity contribution < 1.29 is 12.8 Å². The minimum atomic E-state index is -3.41. The second kappa shape index (κ2) is 6.85. The molecule has 21 heavy (non-hydrogen) atoms. The summed E-state index contributed by atoms with van der Waals surface area (Å²) in [6.45, 7) is 3.00. The topological polar surface area (TPSA) is 63.4 Å². The fourth-order valence-electron chi connectivity index (χ4n) is 2.94. The molecule has 0 radical (unpaired) electrons. The van der Waals surface area contributed by atoms with Gasteiger partial charge in [0, 0.05) is 19.1 Å². The van der Waals surface area contributed by atoms with Crippen molar-refractivity contribution in [3.63, 3.8) is 0 Å². The Balaban J connectivity index is 2.12. The molecule has 6 heteroatoms. The molecule has 2 atom stereocenters. The number of hydrogen-bond donors (Lipinski definition) is 1. The van der Waals surface area contributed by atoms with Crippen molar-refractivity contribution in [2.75, 3.05) is 13.1 Å². The predicted octanol–water partition coefficient (Wildman–Crippen LogP) is 2.10. The van der Waals surface area contributed by atoms with Crippen LogP contribution in [0, 0.1) is 11.7 Å². The first-order valence-electron chi connectivity index (χ1n) is 7.40. The average Bonchev–Trinajstić information content (AvgIpc) is 2.48. The molecule has 0 saturated carbocycles. The third kappa shape index (κ3) is 4.02. The maximum Gasteiger partial charge on any atom is 0.218 e. The van der Waals surface area contributed by atoms with Crippen LogP contribution >= 0.6 is 0 Å². The molecule has 0 amide bonds. The minimum absolute atomic E-state index is 0.0967. The zero-order valence-electron chi connectivity index (χ0n) is 12.3. The Morgan fingerprint density at radius 2 is 2.00 bits per heavy atom. The molecule has 1 saturated heterocycles. The molecule has 1 aromatic carbocycles. The Morgan fingerprint density at radius 1 is 1.33 bits per heavy atom. The average molecular weight is 314 g/mol. The van der Waals surface area contributed by atoms with Crippen molar-refractivity contribution in [1.82, 2.24) is 4.31 Å². The number of rotatable bonds is 5. The van der Waals surface area contributed by atoms with E-state index < -0.39 is 10.0 Å². The molecule has 1 heterocycles. The van der Waals surface area contributed by atoms with E-state index in [1.807, 2.05) is 0 Å². The van der Waals surface area contributed by atoms with Crippen molar-refractivity contribution in [3.8, 4) is 0 Å². The smallest absolute Gasteiger partial charge is 0.218 e. The molecule has 2 unspecified atom stereocenters. The van der Waals surface area contributed by atoms with E-state index in [-0.39, 0.29) is 17.6 Å². The minimum Gasteiger partial charge on any atom is -0.329 e. The van der Waals surface area contributed by atoms with E-state index in [2.05, 4.69) is 6.92 Å². The Hall–Kier alpha value is -0.980. The van der Waals surface area contributed by atoms with Crippen molar-refractivity contribution in [2.45, 2.75) is 38.0 Å². The van der Waals surface area contributed by atoms with Gasteiger partial charge in [-0.15, -0.1) is 0 Å². The van der Waals surface area contributed by atoms with E-state index in [0.717, 1.165) is 19.3 Å². The molecule has 4 nitrogen and oxygen atoms in total. The molecule has 0 bridgehead atoms. The third-order valence-corrected chi connectivity index (χ3v) is 6.13. The molecule has 1 fully saturated rings. The summed E-state index contributed by atoms with van der Waals surface area (Å²) in [7, 11) is -3.41. The summed E-state index contributed by atoms with van der Waals surface area (Å²) >= 11 is 0. The van der Waals surface area contributed by atoms with E-state index >= 15 is 0 Å². The van der Waals surface area contributed by atoms with Gasteiger partial charge in [-0.3, -0.25) is 0 Å². The molecular formula is C15H23FN2O2S. The van der Waals surface area contributed by atoms with Crippen LogP contribution in [0.15, 0.2) is 24.3 Å². The fraction of sp³-hybridized carbons (Fsp3) is 0.600. The van der Waals surface area contributed by atoms with Crippen LogP contribution in [0.2, 0.25) is 0 Å². The van der Waals surface area contributed by atoms with E-state index in [1.54, 1.807) is 4.31 Å². The second-order valence-corrected chi connectivity index (χ2v) is 7.60. The molecule has 1 aliphatic heterocycles. The number of halogens is 1. The van der Waals surface area contributed by atoms with E-state index in [4.69, 9.17) is 5.73 Å². The van der Waals surface area contributed by atoms with Crippen LogP contribution in [0.4, 0.5) is 4.39 Å². The van der Waals surface area contributed by atoms with E-state index in [0.29, 0.717) is 24.6 Å². The zero-order chi connectivity index (χ0) is 15.5. The van der Waals surface area contributed by atoms with Crippen molar-refractivity contribution in [2.24, 2.45) is 11.7 Å². The summed E-state index contributed by atoms with van der Waals surface area (Å²) in [6.07, 6.45) is 2.77. The van der Waals surface area contributed by atoms with Crippen LogP contribution < -0.4 is 5.73 Å². The summed E-state index contributed by atoms with van der Waals surface area (Å²) in [5.74, 6) is 0.0937. The summed E-state index contributed by atoms with van der Waals surface area (Å²) in [6, 6.07) is 5.49. The largest absolute Gasteiger partial charge is 0.329 e. The molecule has 2 rings (SSSR count). The number of hydrogen-bond acceptors (Lipinski definition) is 3. The van der Waals surface area contributed by atoms with Crippen LogP contribution in [0.5, 0.6) is 0 Å². The van der Waals surface area contributed by atoms with Crippen molar-refractivity contribution in [1.29, 1.82) is 0 Å². The lowest BCUT2D eigenvalue weighted by Gasteiger charge is -2.37. The third-order valence-electron chi connectivity index (χ3n) is 4.24. The summed E-state index contributed by atoms with van der Waals surface area (Å²) < 4.78 is 39.6. The van der Waals surface area contributed by atoms with Gasteiger partial charge in [-0.1, -0.05) is 25.5 Å². The summed E-state index contributed by atoms with van der Waals surface area (Å²) in [4.78, 5) is 0. The van der Waals surface area contributed by atoms with Gasteiger partial charge in [0.2, 0.25) is 10.0 Å². The lowest BCUT2D eigenvalue weighted by atomic mass is 9.90. The normalized spacial score (nSPS) is 24.1. The molecule has 0 spiro atoms. The van der Waals surface area contributed by atoms with Gasteiger partial charge in [-0.2, -0.15) is 4.31 Å². The molecular weight excluding hydrogens is 291 g/mol. The number of nitrogens with two attached hydrogens (primary N) is 1. The Morgan fingerprint density at radius 3 is 2.57 bits per heavy atom. The van der Waals surface area contributed by atoms with Gasteiger partial charge >= 0.3 is 0 Å². The highest BCUT2D eigenvalue weighted by molar-refractivity contribution is 7.88. The van der Waals surface area contributed by atoms with Crippen LogP contribution in [-0.4, -0.2) is 31.9 Å². The highest BCUT2D eigenvalue weighted by atomic mass is 32.2. The Bertz CT molecular complexity index is 560. The first-order valence-corrected chi connectivity index (χ1v) is 9.01. The van der Waals surface area contributed by atoms with Crippen LogP contribution in [0.3, 0.4) is 0 Å². The van der Waals surface area contributed by atoms with Gasteiger partial charge in [-0.05, 0) is 36.5 Å². The van der Waals surface area contributed by atoms with Crippen LogP contribution in [0.1, 0.15) is 31.7 Å². The Labute approximate surface area is 126 Å². The number of piperidine rings is 1. The number of sulfonamides is 1. The summed E-state index contributed by atoms with van der Waals surface area (Å²) in [5, 5.41) is 0. The zero-order valence-corrected chi connectivity index (χ0v) is 13.2. The quantitative estimate of drug-likeness (QED) is 0.905. The van der Waals surface area contributed by atoms with Gasteiger partial charge in [0.15, 0.2) is 0 Å². The molecule has 2 N–H and O–H groups in total. The molecule has 1 aromatic rings. The monoisotopic (exact) mass is 314 g/mol. The predicted molar refractivity (Wildman–Crippen MR) is 81.6 cm³/mol. The summed E-state index contributed by atoms with van der Waals surface area (Å²) in [5.41, 5.74) is 6.37. The highest BCUT2D eigenvalue weighted by Gasteiger charge is 2.34. The van der Waals surface area contributed by atoms with E-state index in [9.17, 15) is 12.8 Å². The first-order chi connectivity index (χ1) is 9.96. The molecule has 0 aliphatic carbocycles. The SMILES string of the molecule is CCC1CCN(S(=O)(=O)Cc2ccc(F)cc2)C(CN)C1. The van der Waals surface area contributed by atoms with E-state index in [1.165, 1.54) is 24.3 Å². The first kappa shape index (κ1) is 16.4. The van der Waals surface area contributed by atoms with Gasteiger partial charge in [0.25, 0.3) is 0 Å². The van der Waals surface area contributed by atoms with Gasteiger partial charge in [-0.25, -0.2) is 12.8 Å². The van der Waals surface area contributed by atoms with Gasteiger partial charge < -0.3 is 5.73 Å². The lowest BCUT2D eigenvalue weighted by molar-refractivity contribution is 0.197. The number of nitrogens with zero attached hydrogens (tertiary/aromatic N) is 1. The lowest BCUT2D eigenvalue weighted by Crippen LogP contribution is -2.49. The molecule has 1 aliphatic rings. The maximum atomic E-state index is 12.9. The number of benzene rings is 1. The van der Waals surface area contributed by atoms with Gasteiger partial charge in [0.1, 0.15) is 5.82 Å². The molecule has 118 valence electrons. The van der Waals surface area contributed by atoms with Gasteiger partial charge in [0.05, 0.1) is 5.75 Å². The fourth-order valence-corrected chi connectivity index (χ4v) is 4.73. The standard InChI is InChI=1S/C15H23FN2O2S/c1-2-12-7-8-18(15(9-12)10-17)21(19,20)11-13-3-5-14(16)6-4-13/h3-6,12,15H,2,7-11,17H2,1H3. The van der Waals surface area contributed by atoms with Crippen LogP contribution in [0.25, 0.3) is 0 Å². The highest BCUT2D eigenvalue weighted by Crippen LogP contribution is 2.28. The van der Waals surface area contributed by atoms with Crippen LogP contribution in [-0.2, 0) is 15.8 Å². The maximum absolute atomic E-state index is 12.9. The molecule has 0 aromatic heterocycles. The van der Waals surface area contributed by atoms with Crippen molar-refractivity contribution >= 4 is 10.0 Å². The second-order valence-electron chi connectivity index (χ2n) is 5.68. The van der Waals surface area contributed by atoms with Crippen molar-refractivity contribution in [3.05, 3.63) is 35.6 Å².